The monoisotopic (exact) mass is 432 g/mol. The van der Waals surface area contributed by atoms with Crippen molar-refractivity contribution < 1.29 is 4.79 Å². The summed E-state index contributed by atoms with van der Waals surface area (Å²) in [5.41, 5.74) is 1.70. The summed E-state index contributed by atoms with van der Waals surface area (Å²) in [6, 6.07) is 19.6. The van der Waals surface area contributed by atoms with Gasteiger partial charge in [-0.3, -0.25) is 9.69 Å². The van der Waals surface area contributed by atoms with Crippen molar-refractivity contribution in [3.63, 3.8) is 0 Å². The van der Waals surface area contributed by atoms with Crippen LogP contribution in [0.5, 0.6) is 0 Å². The van der Waals surface area contributed by atoms with Crippen molar-refractivity contribution in [3.8, 4) is 0 Å². The Morgan fingerprint density at radius 3 is 2.26 bits per heavy atom. The highest BCUT2D eigenvalue weighted by atomic mass is 35.5. The van der Waals surface area contributed by atoms with Gasteiger partial charge in [-0.25, -0.2) is 4.98 Å². The van der Waals surface area contributed by atoms with E-state index in [-0.39, 0.29) is 5.91 Å². The smallest absolute Gasteiger partial charge is 0.266 e. The molecule has 0 radical (unpaired) electrons. The Morgan fingerprint density at radius 2 is 1.56 bits per heavy atom. The molecule has 0 spiro atoms. The molecule has 0 aliphatic carbocycles. The Labute approximate surface area is 174 Å². The summed E-state index contributed by atoms with van der Waals surface area (Å²) < 4.78 is 0.970. The molecule has 0 saturated heterocycles. The molecule has 0 saturated carbocycles. The van der Waals surface area contributed by atoms with Crippen molar-refractivity contribution in [1.29, 1.82) is 0 Å². The fraction of sp³-hybridized carbons (Fsp3) is 0. The van der Waals surface area contributed by atoms with Crippen molar-refractivity contribution in [2.45, 2.75) is 0 Å². The minimum absolute atomic E-state index is 0.307. The summed E-state index contributed by atoms with van der Waals surface area (Å²) in [6.07, 6.45) is 0. The molecule has 4 rings (SSSR count). The van der Waals surface area contributed by atoms with E-state index in [2.05, 4.69) is 4.98 Å². The van der Waals surface area contributed by atoms with E-state index in [1.54, 1.807) is 42.5 Å². The summed E-state index contributed by atoms with van der Waals surface area (Å²) in [6.45, 7) is 0. The molecule has 7 heteroatoms. The average molecular weight is 434 g/mol. The molecule has 134 valence electrons. The third kappa shape index (κ3) is 3.66. The van der Waals surface area contributed by atoms with Crippen LogP contribution in [0.2, 0.25) is 15.1 Å². The summed E-state index contributed by atoms with van der Waals surface area (Å²) in [4.78, 5) is 19.5. The zero-order chi connectivity index (χ0) is 19.0. The zero-order valence-corrected chi connectivity index (χ0v) is 16.8. The van der Waals surface area contributed by atoms with E-state index in [9.17, 15) is 4.79 Å². The van der Waals surface area contributed by atoms with Gasteiger partial charge in [0.15, 0.2) is 5.13 Å². The highest BCUT2D eigenvalue weighted by Gasteiger charge is 2.25. The number of anilines is 2. The molecule has 0 aliphatic rings. The van der Waals surface area contributed by atoms with Gasteiger partial charge in [0.05, 0.1) is 26.5 Å². The van der Waals surface area contributed by atoms with E-state index in [1.807, 2.05) is 24.3 Å². The van der Waals surface area contributed by atoms with Gasteiger partial charge in [0, 0.05) is 10.0 Å². The number of thiazole rings is 1. The molecule has 0 atom stereocenters. The van der Waals surface area contributed by atoms with E-state index < -0.39 is 0 Å². The molecular weight excluding hydrogens is 423 g/mol. The van der Waals surface area contributed by atoms with Gasteiger partial charge >= 0.3 is 0 Å². The Kier molecular flexibility index (Phi) is 5.06. The zero-order valence-electron chi connectivity index (χ0n) is 13.7. The maximum Gasteiger partial charge on any atom is 0.266 e. The number of carbonyl (C=O) groups is 1. The van der Waals surface area contributed by atoms with Crippen molar-refractivity contribution in [3.05, 3.63) is 87.4 Å². The van der Waals surface area contributed by atoms with E-state index in [4.69, 9.17) is 34.8 Å². The van der Waals surface area contributed by atoms with Gasteiger partial charge in [-0.1, -0.05) is 70.4 Å². The summed E-state index contributed by atoms with van der Waals surface area (Å²) in [5.74, 6) is -0.307. The van der Waals surface area contributed by atoms with Crippen LogP contribution in [0.4, 0.5) is 10.8 Å². The fourth-order valence-electron chi connectivity index (χ4n) is 2.69. The number of nitrogens with zero attached hydrogens (tertiary/aromatic N) is 2. The largest absolute Gasteiger partial charge is 0.268 e. The SMILES string of the molecule is O=C(c1ccccc1Cl)N(c1cc(Cl)cc(Cl)c1)c1nc2ccccc2s1. The van der Waals surface area contributed by atoms with Crippen LogP contribution >= 0.6 is 46.1 Å². The van der Waals surface area contributed by atoms with Gasteiger partial charge in [0.2, 0.25) is 0 Å². The maximum absolute atomic E-state index is 13.4. The molecular formula is C20H11Cl3N2OS. The number of rotatable bonds is 3. The van der Waals surface area contributed by atoms with Crippen LogP contribution in [0.1, 0.15) is 10.4 Å². The molecule has 0 fully saturated rings. The Morgan fingerprint density at radius 1 is 0.889 bits per heavy atom. The number of halogens is 3. The van der Waals surface area contributed by atoms with Crippen LogP contribution in [-0.2, 0) is 0 Å². The average Bonchev–Trinajstić information content (AvgIpc) is 3.04. The highest BCUT2D eigenvalue weighted by molar-refractivity contribution is 7.22. The van der Waals surface area contributed by atoms with Gasteiger partial charge in [0.1, 0.15) is 0 Å². The van der Waals surface area contributed by atoms with E-state index in [0.717, 1.165) is 10.2 Å². The second-order valence-corrected chi connectivity index (χ2v) is 8.00. The van der Waals surface area contributed by atoms with Crippen molar-refractivity contribution in [2.24, 2.45) is 0 Å². The number of fused-ring (bicyclic) bond motifs is 1. The van der Waals surface area contributed by atoms with E-state index in [1.165, 1.54) is 16.2 Å². The third-order valence-corrected chi connectivity index (χ3v) is 5.67. The number of benzene rings is 3. The van der Waals surface area contributed by atoms with Gasteiger partial charge in [-0.15, -0.1) is 0 Å². The molecule has 4 aromatic rings. The lowest BCUT2D eigenvalue weighted by atomic mass is 10.2. The van der Waals surface area contributed by atoms with Crippen molar-refractivity contribution >= 4 is 73.1 Å². The molecule has 0 unspecified atom stereocenters. The minimum Gasteiger partial charge on any atom is -0.268 e. The lowest BCUT2D eigenvalue weighted by Crippen LogP contribution is -2.26. The second-order valence-electron chi connectivity index (χ2n) is 5.71. The summed E-state index contributed by atoms with van der Waals surface area (Å²) in [7, 11) is 0. The van der Waals surface area contributed by atoms with Gasteiger partial charge in [0.25, 0.3) is 5.91 Å². The Hall–Kier alpha value is -2.11. The Balaban J connectivity index is 1.92. The standard InChI is InChI=1S/C20H11Cl3N2OS/c21-12-9-13(22)11-14(10-12)25(19(26)15-5-1-2-6-16(15)23)20-24-17-7-3-4-8-18(17)27-20/h1-11H. The molecule has 0 bridgehead atoms. The van der Waals surface area contributed by atoms with Crippen molar-refractivity contribution in [1.82, 2.24) is 4.98 Å². The summed E-state index contributed by atoms with van der Waals surface area (Å²) >= 11 is 20.0. The first-order valence-electron chi connectivity index (χ1n) is 7.93. The number of hydrogen-bond donors (Lipinski definition) is 0. The first-order valence-corrected chi connectivity index (χ1v) is 9.88. The number of para-hydroxylation sites is 1. The predicted molar refractivity (Wildman–Crippen MR) is 114 cm³/mol. The molecule has 3 nitrogen and oxygen atoms in total. The van der Waals surface area contributed by atoms with Crippen LogP contribution in [0, 0.1) is 0 Å². The number of amides is 1. The fourth-order valence-corrected chi connectivity index (χ4v) is 4.41. The first kappa shape index (κ1) is 18.3. The molecule has 1 amide bonds. The van der Waals surface area contributed by atoms with Crippen LogP contribution in [0.25, 0.3) is 10.2 Å². The maximum atomic E-state index is 13.4. The van der Waals surface area contributed by atoms with Crippen LogP contribution < -0.4 is 4.90 Å². The molecule has 0 aliphatic heterocycles. The molecule has 3 aromatic carbocycles. The third-order valence-electron chi connectivity index (χ3n) is 3.89. The quantitative estimate of drug-likeness (QED) is 0.341. The molecule has 1 aromatic heterocycles. The van der Waals surface area contributed by atoms with E-state index >= 15 is 0 Å². The van der Waals surface area contributed by atoms with E-state index in [0.29, 0.717) is 31.5 Å². The lowest BCUT2D eigenvalue weighted by molar-refractivity contribution is 0.0999. The van der Waals surface area contributed by atoms with Gasteiger partial charge < -0.3 is 0 Å². The number of carbonyl (C=O) groups excluding carboxylic acids is 1. The minimum atomic E-state index is -0.307. The van der Waals surface area contributed by atoms with Crippen LogP contribution in [-0.4, -0.2) is 10.9 Å². The number of aromatic nitrogens is 1. The van der Waals surface area contributed by atoms with Gasteiger partial charge in [-0.05, 0) is 42.5 Å². The van der Waals surface area contributed by atoms with Crippen LogP contribution in [0.15, 0.2) is 66.7 Å². The molecule has 0 N–H and O–H groups in total. The van der Waals surface area contributed by atoms with Crippen molar-refractivity contribution in [2.75, 3.05) is 4.90 Å². The Bertz CT molecular complexity index is 1110. The first-order chi connectivity index (χ1) is 13.0. The molecule has 1 heterocycles. The molecule has 27 heavy (non-hydrogen) atoms. The predicted octanol–water partition coefficient (Wildman–Crippen LogP) is 7.24. The highest BCUT2D eigenvalue weighted by Crippen LogP contribution is 2.37. The van der Waals surface area contributed by atoms with Crippen LogP contribution in [0.3, 0.4) is 0 Å². The summed E-state index contributed by atoms with van der Waals surface area (Å²) in [5, 5.41) is 1.73. The lowest BCUT2D eigenvalue weighted by Gasteiger charge is -2.21. The normalized spacial score (nSPS) is 10.9. The number of hydrogen-bond acceptors (Lipinski definition) is 3. The second kappa shape index (κ2) is 7.49. The topological polar surface area (TPSA) is 33.2 Å². The van der Waals surface area contributed by atoms with Gasteiger partial charge in [-0.2, -0.15) is 0 Å².